The van der Waals surface area contributed by atoms with Crippen molar-refractivity contribution < 1.29 is 4.74 Å². The van der Waals surface area contributed by atoms with Crippen molar-refractivity contribution in [2.24, 2.45) is 5.73 Å². The number of nitrogens with two attached hydrogens (primary N) is 1. The first-order chi connectivity index (χ1) is 8.12. The first-order valence-corrected chi connectivity index (χ1v) is 6.10. The molecule has 1 atom stereocenters. The summed E-state index contributed by atoms with van der Waals surface area (Å²) in [5.41, 5.74) is 7.39. The van der Waals surface area contributed by atoms with Crippen LogP contribution in [0.2, 0.25) is 0 Å². The molecule has 0 radical (unpaired) electrons. The quantitative estimate of drug-likeness (QED) is 0.855. The van der Waals surface area contributed by atoms with Crippen LogP contribution in [0.4, 0.5) is 0 Å². The number of pyridine rings is 1. The first kappa shape index (κ1) is 12.5. The lowest BCUT2D eigenvalue weighted by Crippen LogP contribution is -2.55. The second-order valence-electron chi connectivity index (χ2n) is 5.02. The Morgan fingerprint density at radius 2 is 2.12 bits per heavy atom. The summed E-state index contributed by atoms with van der Waals surface area (Å²) in [6, 6.07) is 3.94. The van der Waals surface area contributed by atoms with Gasteiger partial charge < -0.3 is 10.5 Å². The highest BCUT2D eigenvalue weighted by Gasteiger charge is 2.34. The van der Waals surface area contributed by atoms with Crippen molar-refractivity contribution in [3.8, 4) is 0 Å². The Morgan fingerprint density at radius 3 is 2.71 bits per heavy atom. The van der Waals surface area contributed by atoms with Crippen molar-refractivity contribution in [2.45, 2.75) is 25.4 Å². The molecule has 0 spiro atoms. The fourth-order valence-electron chi connectivity index (χ4n) is 2.30. The maximum Gasteiger partial charge on any atom is 0.0594 e. The molecule has 2 heterocycles. The molecule has 1 fully saturated rings. The fourth-order valence-corrected chi connectivity index (χ4v) is 2.30. The number of aromatic nitrogens is 1. The van der Waals surface area contributed by atoms with Crippen molar-refractivity contribution in [1.82, 2.24) is 9.88 Å². The molecule has 1 aromatic rings. The van der Waals surface area contributed by atoms with Crippen LogP contribution in [0.3, 0.4) is 0 Å². The third-order valence-electron chi connectivity index (χ3n) is 3.63. The average molecular weight is 235 g/mol. The van der Waals surface area contributed by atoms with Crippen LogP contribution in [-0.4, -0.2) is 41.7 Å². The molecule has 0 amide bonds. The molecule has 1 aliphatic rings. The Kier molecular flexibility index (Phi) is 3.76. The van der Waals surface area contributed by atoms with Crippen LogP contribution in [-0.2, 0) is 4.74 Å². The van der Waals surface area contributed by atoms with E-state index in [1.54, 1.807) is 6.20 Å². The highest BCUT2D eigenvalue weighted by Crippen LogP contribution is 2.29. The zero-order valence-electron chi connectivity index (χ0n) is 10.6. The van der Waals surface area contributed by atoms with Gasteiger partial charge in [-0.3, -0.25) is 9.88 Å². The van der Waals surface area contributed by atoms with Crippen LogP contribution in [0.5, 0.6) is 0 Å². The molecule has 1 aliphatic heterocycles. The number of hydrogen-bond donors (Lipinski definition) is 1. The van der Waals surface area contributed by atoms with Crippen LogP contribution in [0.25, 0.3) is 0 Å². The molecule has 1 aromatic heterocycles. The molecule has 4 heteroatoms. The van der Waals surface area contributed by atoms with E-state index in [1.807, 2.05) is 18.3 Å². The molecule has 2 N–H and O–H groups in total. The molecule has 0 aliphatic carbocycles. The Morgan fingerprint density at radius 1 is 1.41 bits per heavy atom. The van der Waals surface area contributed by atoms with Gasteiger partial charge in [0.2, 0.25) is 0 Å². The molecule has 94 valence electrons. The van der Waals surface area contributed by atoms with Gasteiger partial charge in [-0.05, 0) is 25.5 Å². The Hall–Kier alpha value is -0.970. The van der Waals surface area contributed by atoms with Crippen LogP contribution < -0.4 is 5.73 Å². The normalized spacial score (nSPS) is 20.2. The molecule has 17 heavy (non-hydrogen) atoms. The van der Waals surface area contributed by atoms with Gasteiger partial charge in [0.1, 0.15) is 0 Å². The minimum Gasteiger partial charge on any atom is -0.379 e. The van der Waals surface area contributed by atoms with E-state index in [0.29, 0.717) is 0 Å². The number of nitrogens with zero attached hydrogens (tertiary/aromatic N) is 2. The van der Waals surface area contributed by atoms with E-state index in [1.165, 1.54) is 0 Å². The maximum atomic E-state index is 6.38. The van der Waals surface area contributed by atoms with Crippen molar-refractivity contribution in [2.75, 3.05) is 26.3 Å². The highest BCUT2D eigenvalue weighted by molar-refractivity contribution is 5.18. The lowest BCUT2D eigenvalue weighted by molar-refractivity contribution is -0.0190. The number of ether oxygens (including phenoxy) is 1. The zero-order chi connectivity index (χ0) is 12.3. The van der Waals surface area contributed by atoms with Gasteiger partial charge in [0.15, 0.2) is 0 Å². The summed E-state index contributed by atoms with van der Waals surface area (Å²) in [4.78, 5) is 6.54. The molecule has 1 saturated heterocycles. The fraction of sp³-hybridized carbons (Fsp3) is 0.615. The van der Waals surface area contributed by atoms with Crippen molar-refractivity contribution in [1.29, 1.82) is 0 Å². The van der Waals surface area contributed by atoms with E-state index in [9.17, 15) is 0 Å². The molecule has 2 rings (SSSR count). The SMILES string of the molecule is CC(C)(C(N)c1cccnc1)N1CCOCC1. The van der Waals surface area contributed by atoms with E-state index in [4.69, 9.17) is 10.5 Å². The second-order valence-corrected chi connectivity index (χ2v) is 5.02. The van der Waals surface area contributed by atoms with E-state index in [2.05, 4.69) is 23.7 Å². The van der Waals surface area contributed by atoms with Crippen LogP contribution in [0.15, 0.2) is 24.5 Å². The lowest BCUT2D eigenvalue weighted by atomic mass is 9.88. The van der Waals surface area contributed by atoms with E-state index < -0.39 is 0 Å². The molecule has 0 bridgehead atoms. The highest BCUT2D eigenvalue weighted by atomic mass is 16.5. The van der Waals surface area contributed by atoms with Crippen LogP contribution in [0.1, 0.15) is 25.5 Å². The summed E-state index contributed by atoms with van der Waals surface area (Å²) in [7, 11) is 0. The minimum atomic E-state index is -0.0766. The standard InChI is InChI=1S/C13H21N3O/c1-13(2,16-6-8-17-9-7-16)12(14)11-4-3-5-15-10-11/h3-5,10,12H,6-9,14H2,1-2H3. The summed E-state index contributed by atoms with van der Waals surface area (Å²) in [6.45, 7) is 7.86. The molecule has 0 aromatic carbocycles. The van der Waals surface area contributed by atoms with E-state index in [-0.39, 0.29) is 11.6 Å². The van der Waals surface area contributed by atoms with Gasteiger partial charge in [0.05, 0.1) is 13.2 Å². The lowest BCUT2D eigenvalue weighted by Gasteiger charge is -2.44. The average Bonchev–Trinajstić information content (AvgIpc) is 2.40. The van der Waals surface area contributed by atoms with Gasteiger partial charge in [0.25, 0.3) is 0 Å². The number of hydrogen-bond acceptors (Lipinski definition) is 4. The number of morpholine rings is 1. The predicted molar refractivity (Wildman–Crippen MR) is 67.6 cm³/mol. The van der Waals surface area contributed by atoms with Crippen LogP contribution >= 0.6 is 0 Å². The van der Waals surface area contributed by atoms with Gasteiger partial charge in [-0.1, -0.05) is 6.07 Å². The van der Waals surface area contributed by atoms with E-state index >= 15 is 0 Å². The van der Waals surface area contributed by atoms with Crippen LogP contribution in [0, 0.1) is 0 Å². The molecular weight excluding hydrogens is 214 g/mol. The summed E-state index contributed by atoms with van der Waals surface area (Å²) in [5, 5.41) is 0. The molecular formula is C13H21N3O. The molecule has 1 unspecified atom stereocenters. The Labute approximate surface area is 103 Å². The monoisotopic (exact) mass is 235 g/mol. The summed E-state index contributed by atoms with van der Waals surface area (Å²) in [5.74, 6) is 0. The largest absolute Gasteiger partial charge is 0.379 e. The van der Waals surface area contributed by atoms with Gasteiger partial charge in [-0.2, -0.15) is 0 Å². The minimum absolute atomic E-state index is 0.0331. The van der Waals surface area contributed by atoms with Gasteiger partial charge in [-0.15, -0.1) is 0 Å². The third kappa shape index (κ3) is 2.65. The number of rotatable bonds is 3. The molecule has 4 nitrogen and oxygen atoms in total. The smallest absolute Gasteiger partial charge is 0.0594 e. The topological polar surface area (TPSA) is 51.4 Å². The summed E-state index contributed by atoms with van der Waals surface area (Å²) >= 11 is 0. The Bertz CT molecular complexity index is 347. The van der Waals surface area contributed by atoms with Gasteiger partial charge in [-0.25, -0.2) is 0 Å². The summed E-state index contributed by atoms with van der Waals surface area (Å²) in [6.07, 6.45) is 3.63. The van der Waals surface area contributed by atoms with Crippen molar-refractivity contribution in [3.05, 3.63) is 30.1 Å². The Balaban J connectivity index is 2.13. The van der Waals surface area contributed by atoms with Gasteiger partial charge >= 0.3 is 0 Å². The van der Waals surface area contributed by atoms with E-state index in [0.717, 1.165) is 31.9 Å². The second kappa shape index (κ2) is 5.12. The zero-order valence-corrected chi connectivity index (χ0v) is 10.6. The maximum absolute atomic E-state index is 6.38. The van der Waals surface area contributed by atoms with Gasteiger partial charge in [0, 0.05) is 37.1 Å². The molecule has 0 saturated carbocycles. The predicted octanol–water partition coefficient (Wildman–Crippen LogP) is 1.19. The van der Waals surface area contributed by atoms with Crippen molar-refractivity contribution in [3.63, 3.8) is 0 Å². The van der Waals surface area contributed by atoms with Crippen molar-refractivity contribution >= 4 is 0 Å². The third-order valence-corrected chi connectivity index (χ3v) is 3.63. The first-order valence-electron chi connectivity index (χ1n) is 6.10. The summed E-state index contributed by atoms with van der Waals surface area (Å²) < 4.78 is 5.39.